The molecule has 3 N–H and O–H groups in total. The van der Waals surface area contributed by atoms with Crippen molar-refractivity contribution in [3.05, 3.63) is 71.8 Å². The summed E-state index contributed by atoms with van der Waals surface area (Å²) in [6.45, 7) is 5.84. The van der Waals surface area contributed by atoms with Gasteiger partial charge < -0.3 is 5.32 Å². The molecule has 0 fully saturated rings. The highest BCUT2D eigenvalue weighted by molar-refractivity contribution is 5.84. The van der Waals surface area contributed by atoms with Crippen LogP contribution in [0.3, 0.4) is 0 Å². The molecule has 0 saturated heterocycles. The van der Waals surface area contributed by atoms with Crippen molar-refractivity contribution in [2.75, 3.05) is 6.54 Å². The van der Waals surface area contributed by atoms with Crippen LogP contribution in [-0.4, -0.2) is 18.5 Å². The van der Waals surface area contributed by atoms with Gasteiger partial charge in [0.15, 0.2) is 0 Å². The van der Waals surface area contributed by atoms with Crippen LogP contribution in [0, 0.1) is 5.41 Å². The van der Waals surface area contributed by atoms with Crippen LogP contribution >= 0.6 is 0 Å². The summed E-state index contributed by atoms with van der Waals surface area (Å²) >= 11 is 0. The minimum atomic E-state index is -0.557. The minimum absolute atomic E-state index is 0.196. The van der Waals surface area contributed by atoms with E-state index in [1.165, 1.54) is 11.1 Å². The SMILES string of the molecule is CC(C)(C)C(=O)NNC(=O)NCCC(c1ccccc1)c1ccccc1. The third-order valence-corrected chi connectivity index (χ3v) is 4.09. The van der Waals surface area contributed by atoms with Crippen LogP contribution in [0.15, 0.2) is 60.7 Å². The summed E-state index contributed by atoms with van der Waals surface area (Å²) in [5.74, 6) is -0.0408. The molecule has 0 saturated carbocycles. The van der Waals surface area contributed by atoms with E-state index in [4.69, 9.17) is 0 Å². The van der Waals surface area contributed by atoms with Crippen molar-refractivity contribution < 1.29 is 9.59 Å². The number of rotatable bonds is 5. The Bertz CT molecular complexity index is 670. The lowest BCUT2D eigenvalue weighted by Gasteiger charge is -2.20. The molecule has 0 radical (unpaired) electrons. The molecule has 0 heterocycles. The second kappa shape index (κ2) is 9.04. The fraction of sp³-hybridized carbons (Fsp3) is 0.333. The monoisotopic (exact) mass is 353 g/mol. The topological polar surface area (TPSA) is 70.2 Å². The molecule has 0 aliphatic carbocycles. The molecule has 5 heteroatoms. The number of carbonyl (C=O) groups is 2. The van der Waals surface area contributed by atoms with Gasteiger partial charge in [-0.3, -0.25) is 10.2 Å². The molecule has 0 bridgehead atoms. The van der Waals surface area contributed by atoms with Gasteiger partial charge in [-0.1, -0.05) is 81.4 Å². The molecule has 5 nitrogen and oxygen atoms in total. The predicted molar refractivity (Wildman–Crippen MR) is 103 cm³/mol. The second-order valence-corrected chi connectivity index (χ2v) is 7.25. The molecule has 0 atom stereocenters. The molecular weight excluding hydrogens is 326 g/mol. The number of hydrogen-bond donors (Lipinski definition) is 3. The number of nitrogens with one attached hydrogen (secondary N) is 3. The third kappa shape index (κ3) is 5.92. The summed E-state index contributed by atoms with van der Waals surface area (Å²) in [6, 6.07) is 20.1. The van der Waals surface area contributed by atoms with Crippen LogP contribution in [0.5, 0.6) is 0 Å². The maximum absolute atomic E-state index is 11.9. The van der Waals surface area contributed by atoms with E-state index in [0.717, 1.165) is 6.42 Å². The van der Waals surface area contributed by atoms with E-state index in [9.17, 15) is 9.59 Å². The van der Waals surface area contributed by atoms with Gasteiger partial charge in [0.05, 0.1) is 0 Å². The second-order valence-electron chi connectivity index (χ2n) is 7.25. The lowest BCUT2D eigenvalue weighted by atomic mass is 9.88. The number of benzene rings is 2. The lowest BCUT2D eigenvalue weighted by molar-refractivity contribution is -0.129. The molecule has 2 aromatic carbocycles. The van der Waals surface area contributed by atoms with Gasteiger partial charge in [-0.25, -0.2) is 10.2 Å². The number of amides is 3. The Morgan fingerprint density at radius 3 is 1.81 bits per heavy atom. The molecule has 0 spiro atoms. The van der Waals surface area contributed by atoms with E-state index in [1.807, 2.05) is 36.4 Å². The van der Waals surface area contributed by atoms with E-state index in [-0.39, 0.29) is 11.8 Å². The summed E-state index contributed by atoms with van der Waals surface area (Å²) in [7, 11) is 0. The quantitative estimate of drug-likeness (QED) is 0.719. The molecule has 0 unspecified atom stereocenters. The van der Waals surface area contributed by atoms with Gasteiger partial charge in [0, 0.05) is 17.9 Å². The summed E-state index contributed by atoms with van der Waals surface area (Å²) in [5, 5.41) is 2.79. The zero-order chi connectivity index (χ0) is 19.0. The van der Waals surface area contributed by atoms with Crippen molar-refractivity contribution in [1.82, 2.24) is 16.2 Å². The van der Waals surface area contributed by atoms with E-state index in [2.05, 4.69) is 40.4 Å². The van der Waals surface area contributed by atoms with Crippen LogP contribution < -0.4 is 16.2 Å². The first-order valence-electron chi connectivity index (χ1n) is 8.82. The van der Waals surface area contributed by atoms with Crippen molar-refractivity contribution in [3.8, 4) is 0 Å². The van der Waals surface area contributed by atoms with E-state index in [1.54, 1.807) is 20.8 Å². The lowest BCUT2D eigenvalue weighted by Crippen LogP contribution is -2.50. The number of hydrazine groups is 1. The van der Waals surface area contributed by atoms with Crippen molar-refractivity contribution in [1.29, 1.82) is 0 Å². The number of urea groups is 1. The van der Waals surface area contributed by atoms with Gasteiger partial charge in [0.1, 0.15) is 0 Å². The highest BCUT2D eigenvalue weighted by Gasteiger charge is 2.21. The Labute approximate surface area is 155 Å². The maximum Gasteiger partial charge on any atom is 0.333 e. The first-order valence-corrected chi connectivity index (χ1v) is 8.82. The number of carbonyl (C=O) groups excluding carboxylic acids is 2. The number of hydrogen-bond acceptors (Lipinski definition) is 2. The van der Waals surface area contributed by atoms with E-state index < -0.39 is 11.4 Å². The normalized spacial score (nSPS) is 11.1. The van der Waals surface area contributed by atoms with E-state index >= 15 is 0 Å². The molecule has 0 aliphatic rings. The zero-order valence-corrected chi connectivity index (χ0v) is 15.6. The molecule has 3 amide bonds. The average molecular weight is 353 g/mol. The average Bonchev–Trinajstić information content (AvgIpc) is 2.64. The Balaban J connectivity index is 1.90. The Kier molecular flexibility index (Phi) is 6.78. The Morgan fingerprint density at radius 2 is 1.35 bits per heavy atom. The summed E-state index contributed by atoms with van der Waals surface area (Å²) in [4.78, 5) is 23.7. The van der Waals surface area contributed by atoms with Crippen molar-refractivity contribution in [3.63, 3.8) is 0 Å². The smallest absolute Gasteiger partial charge is 0.333 e. The van der Waals surface area contributed by atoms with Gasteiger partial charge in [0.25, 0.3) is 0 Å². The largest absolute Gasteiger partial charge is 0.337 e. The van der Waals surface area contributed by atoms with Gasteiger partial charge in [-0.2, -0.15) is 0 Å². The van der Waals surface area contributed by atoms with Crippen LogP contribution in [0.2, 0.25) is 0 Å². The van der Waals surface area contributed by atoms with Crippen LogP contribution in [0.4, 0.5) is 4.79 Å². The summed E-state index contributed by atoms with van der Waals surface area (Å²) < 4.78 is 0. The maximum atomic E-state index is 11.9. The fourth-order valence-electron chi connectivity index (χ4n) is 2.57. The minimum Gasteiger partial charge on any atom is -0.337 e. The van der Waals surface area contributed by atoms with Crippen molar-refractivity contribution in [2.24, 2.45) is 5.41 Å². The van der Waals surface area contributed by atoms with Crippen LogP contribution in [0.1, 0.15) is 44.2 Å². The first kappa shape index (κ1) is 19.5. The summed E-state index contributed by atoms with van der Waals surface area (Å²) in [6.07, 6.45) is 0.759. The first-order chi connectivity index (χ1) is 12.4. The summed E-state index contributed by atoms with van der Waals surface area (Å²) in [5.41, 5.74) is 6.68. The zero-order valence-electron chi connectivity index (χ0n) is 15.6. The van der Waals surface area contributed by atoms with Gasteiger partial charge >= 0.3 is 6.03 Å². The van der Waals surface area contributed by atoms with Gasteiger partial charge in [-0.15, -0.1) is 0 Å². The standard InChI is InChI=1S/C21H27N3O2/c1-21(2,3)19(25)23-24-20(26)22-15-14-18(16-10-6-4-7-11-16)17-12-8-5-9-13-17/h4-13,18H,14-15H2,1-3H3,(H,23,25)(H2,22,24,26). The molecule has 2 aromatic rings. The van der Waals surface area contributed by atoms with Crippen LogP contribution in [-0.2, 0) is 4.79 Å². The molecule has 138 valence electrons. The molecule has 0 aliphatic heterocycles. The molecule has 2 rings (SSSR count). The third-order valence-electron chi connectivity index (χ3n) is 4.09. The molecule has 0 aromatic heterocycles. The predicted octanol–water partition coefficient (Wildman–Crippen LogP) is 3.59. The Hall–Kier alpha value is -2.82. The Morgan fingerprint density at radius 1 is 0.846 bits per heavy atom. The van der Waals surface area contributed by atoms with Crippen LogP contribution in [0.25, 0.3) is 0 Å². The van der Waals surface area contributed by atoms with E-state index in [0.29, 0.717) is 6.54 Å². The molecule has 26 heavy (non-hydrogen) atoms. The highest BCUT2D eigenvalue weighted by Crippen LogP contribution is 2.27. The van der Waals surface area contributed by atoms with Gasteiger partial charge in [-0.05, 0) is 17.5 Å². The fourth-order valence-corrected chi connectivity index (χ4v) is 2.57. The van der Waals surface area contributed by atoms with Crippen molar-refractivity contribution >= 4 is 11.9 Å². The molecular formula is C21H27N3O2. The van der Waals surface area contributed by atoms with Gasteiger partial charge in [0.2, 0.25) is 5.91 Å². The highest BCUT2D eigenvalue weighted by atomic mass is 16.2. The van der Waals surface area contributed by atoms with Crippen molar-refractivity contribution in [2.45, 2.75) is 33.1 Å².